The highest BCUT2D eigenvalue weighted by Gasteiger charge is 2.38. The molecule has 2 unspecified atom stereocenters. The summed E-state index contributed by atoms with van der Waals surface area (Å²) < 4.78 is 5.19. The molecule has 2 rings (SSSR count). The lowest BCUT2D eigenvalue weighted by Crippen LogP contribution is -2.44. The lowest BCUT2D eigenvalue weighted by Gasteiger charge is -2.27. The van der Waals surface area contributed by atoms with Crippen molar-refractivity contribution in [3.63, 3.8) is 0 Å². The average molecular weight is 298 g/mol. The number of ether oxygens (including phenoxy) is 1. The molecule has 1 saturated heterocycles. The number of nitrogens with zero attached hydrogens (tertiary/aromatic N) is 1. The average Bonchev–Trinajstić information content (AvgIpc) is 2.89. The highest BCUT2D eigenvalue weighted by molar-refractivity contribution is 6.31. The first kappa shape index (κ1) is 14.8. The minimum absolute atomic E-state index is 0.131. The molecule has 1 fully saturated rings. The fourth-order valence-electron chi connectivity index (χ4n) is 2.33. The summed E-state index contributed by atoms with van der Waals surface area (Å²) in [6, 6.07) is 4.62. The number of benzene rings is 1. The van der Waals surface area contributed by atoms with Gasteiger partial charge in [-0.05, 0) is 24.6 Å². The molecule has 0 saturated carbocycles. The smallest absolute Gasteiger partial charge is 0.311 e. The number of likely N-dealkylation sites (N-methyl/N-ethyl adjacent to an activating group) is 1. The number of halogens is 1. The van der Waals surface area contributed by atoms with Gasteiger partial charge >= 0.3 is 5.97 Å². The molecule has 1 amide bonds. The molecule has 1 aromatic rings. The Morgan fingerprint density at radius 1 is 1.40 bits per heavy atom. The van der Waals surface area contributed by atoms with E-state index in [0.29, 0.717) is 10.6 Å². The monoisotopic (exact) mass is 297 g/mol. The van der Waals surface area contributed by atoms with Gasteiger partial charge in [0.25, 0.3) is 5.91 Å². The number of carboxylic acid groups (broad SMARTS) is 1. The van der Waals surface area contributed by atoms with Gasteiger partial charge in [-0.15, -0.1) is 0 Å². The molecule has 5 nitrogen and oxygen atoms in total. The minimum Gasteiger partial charge on any atom is -0.481 e. The Morgan fingerprint density at radius 2 is 2.10 bits per heavy atom. The van der Waals surface area contributed by atoms with Gasteiger partial charge in [0.05, 0.1) is 19.3 Å². The lowest BCUT2D eigenvalue weighted by atomic mass is 10.0. The second-order valence-corrected chi connectivity index (χ2v) is 5.36. The van der Waals surface area contributed by atoms with Crippen molar-refractivity contribution in [1.82, 2.24) is 4.90 Å². The molecule has 0 spiro atoms. The van der Waals surface area contributed by atoms with E-state index in [1.54, 1.807) is 25.2 Å². The maximum absolute atomic E-state index is 12.5. The Morgan fingerprint density at radius 3 is 2.75 bits per heavy atom. The van der Waals surface area contributed by atoms with Crippen LogP contribution in [0.2, 0.25) is 5.02 Å². The number of carbonyl (C=O) groups excluding carboxylic acids is 1. The molecular formula is C14H16ClNO4. The number of hydrogen-bond donors (Lipinski definition) is 1. The Bertz CT molecular complexity index is 546. The van der Waals surface area contributed by atoms with E-state index < -0.39 is 17.9 Å². The van der Waals surface area contributed by atoms with Crippen LogP contribution in [0.4, 0.5) is 0 Å². The van der Waals surface area contributed by atoms with Crippen molar-refractivity contribution in [2.75, 3.05) is 20.3 Å². The highest BCUT2D eigenvalue weighted by Crippen LogP contribution is 2.23. The number of rotatable bonds is 3. The van der Waals surface area contributed by atoms with Crippen LogP contribution in [-0.4, -0.2) is 48.2 Å². The molecule has 0 aliphatic carbocycles. The molecule has 1 N–H and O–H groups in total. The Balaban J connectivity index is 2.24. The summed E-state index contributed by atoms with van der Waals surface area (Å²) >= 11 is 5.91. The van der Waals surface area contributed by atoms with E-state index in [9.17, 15) is 9.59 Å². The third kappa shape index (κ3) is 2.78. The number of amides is 1. The van der Waals surface area contributed by atoms with Gasteiger partial charge in [0.2, 0.25) is 0 Å². The molecule has 1 aliphatic rings. The summed E-state index contributed by atoms with van der Waals surface area (Å²) in [7, 11) is 1.60. The zero-order chi connectivity index (χ0) is 14.9. The molecule has 20 heavy (non-hydrogen) atoms. The number of carbonyl (C=O) groups is 2. The van der Waals surface area contributed by atoms with Gasteiger partial charge in [0.15, 0.2) is 0 Å². The second kappa shape index (κ2) is 5.81. The number of aryl methyl sites for hydroxylation is 1. The summed E-state index contributed by atoms with van der Waals surface area (Å²) in [4.78, 5) is 25.1. The molecule has 0 bridgehead atoms. The van der Waals surface area contributed by atoms with Crippen LogP contribution in [0.15, 0.2) is 18.2 Å². The summed E-state index contributed by atoms with van der Waals surface area (Å²) in [6.45, 7) is 2.18. The number of aliphatic carboxylic acids is 1. The molecule has 2 atom stereocenters. The Kier molecular flexibility index (Phi) is 4.30. The van der Waals surface area contributed by atoms with Gasteiger partial charge in [-0.3, -0.25) is 9.59 Å². The predicted molar refractivity (Wildman–Crippen MR) is 74.0 cm³/mol. The topological polar surface area (TPSA) is 66.8 Å². The zero-order valence-corrected chi connectivity index (χ0v) is 12.1. The molecule has 0 radical (unpaired) electrons. The molecule has 1 heterocycles. The Hall–Kier alpha value is -1.59. The van der Waals surface area contributed by atoms with Crippen molar-refractivity contribution < 1.29 is 19.4 Å². The van der Waals surface area contributed by atoms with Crippen molar-refractivity contribution in [3.8, 4) is 0 Å². The fourth-order valence-corrected chi connectivity index (χ4v) is 2.50. The Labute approximate surface area is 122 Å². The highest BCUT2D eigenvalue weighted by atomic mass is 35.5. The second-order valence-electron chi connectivity index (χ2n) is 4.92. The molecule has 1 aromatic carbocycles. The largest absolute Gasteiger partial charge is 0.481 e. The van der Waals surface area contributed by atoms with Crippen LogP contribution >= 0.6 is 11.6 Å². The normalized spacial score (nSPS) is 21.8. The van der Waals surface area contributed by atoms with E-state index in [-0.39, 0.29) is 19.1 Å². The van der Waals surface area contributed by atoms with Crippen molar-refractivity contribution in [2.24, 2.45) is 5.92 Å². The van der Waals surface area contributed by atoms with Crippen LogP contribution in [0.3, 0.4) is 0 Å². The van der Waals surface area contributed by atoms with Gasteiger partial charge in [-0.1, -0.05) is 17.7 Å². The first-order chi connectivity index (χ1) is 9.41. The van der Waals surface area contributed by atoms with Crippen LogP contribution in [0.25, 0.3) is 0 Å². The van der Waals surface area contributed by atoms with Crippen LogP contribution in [0.1, 0.15) is 15.9 Å². The first-order valence-electron chi connectivity index (χ1n) is 6.25. The molecule has 6 heteroatoms. The van der Waals surface area contributed by atoms with Crippen LogP contribution in [0.5, 0.6) is 0 Å². The van der Waals surface area contributed by atoms with Crippen molar-refractivity contribution >= 4 is 23.5 Å². The van der Waals surface area contributed by atoms with Crippen molar-refractivity contribution in [2.45, 2.75) is 13.0 Å². The van der Waals surface area contributed by atoms with Crippen LogP contribution in [0, 0.1) is 12.8 Å². The van der Waals surface area contributed by atoms with E-state index >= 15 is 0 Å². The van der Waals surface area contributed by atoms with E-state index in [0.717, 1.165) is 5.56 Å². The SMILES string of the molecule is Cc1ccc(Cl)cc1C(=O)N(C)C1COCC1C(=O)O. The van der Waals surface area contributed by atoms with Crippen molar-refractivity contribution in [1.29, 1.82) is 0 Å². The lowest BCUT2D eigenvalue weighted by molar-refractivity contribution is -0.142. The van der Waals surface area contributed by atoms with E-state index in [4.69, 9.17) is 21.4 Å². The van der Waals surface area contributed by atoms with Gasteiger partial charge in [0, 0.05) is 17.6 Å². The first-order valence-corrected chi connectivity index (χ1v) is 6.63. The molecular weight excluding hydrogens is 282 g/mol. The standard InChI is InChI=1S/C14H16ClNO4/c1-8-3-4-9(15)5-10(8)13(17)16(2)12-7-20-6-11(12)14(18)19/h3-5,11-12H,6-7H2,1-2H3,(H,18,19). The van der Waals surface area contributed by atoms with Crippen LogP contribution in [-0.2, 0) is 9.53 Å². The van der Waals surface area contributed by atoms with Gasteiger partial charge < -0.3 is 14.7 Å². The zero-order valence-electron chi connectivity index (χ0n) is 11.3. The maximum Gasteiger partial charge on any atom is 0.311 e. The molecule has 0 aromatic heterocycles. The number of carboxylic acids is 1. The third-order valence-electron chi connectivity index (χ3n) is 3.62. The fraction of sp³-hybridized carbons (Fsp3) is 0.429. The van der Waals surface area contributed by atoms with Crippen molar-refractivity contribution in [3.05, 3.63) is 34.3 Å². The van der Waals surface area contributed by atoms with E-state index in [1.807, 2.05) is 6.92 Å². The van der Waals surface area contributed by atoms with Gasteiger partial charge in [-0.2, -0.15) is 0 Å². The summed E-state index contributed by atoms with van der Waals surface area (Å²) in [5.74, 6) is -1.88. The minimum atomic E-state index is -0.949. The summed E-state index contributed by atoms with van der Waals surface area (Å²) in [5, 5.41) is 9.62. The maximum atomic E-state index is 12.5. The van der Waals surface area contributed by atoms with Gasteiger partial charge in [-0.25, -0.2) is 0 Å². The molecule has 108 valence electrons. The summed E-state index contributed by atoms with van der Waals surface area (Å²) in [5.41, 5.74) is 1.29. The quantitative estimate of drug-likeness (QED) is 0.924. The molecule has 1 aliphatic heterocycles. The predicted octanol–water partition coefficient (Wildman–Crippen LogP) is 1.82. The van der Waals surface area contributed by atoms with E-state index in [1.165, 1.54) is 4.90 Å². The number of hydrogen-bond acceptors (Lipinski definition) is 3. The van der Waals surface area contributed by atoms with Crippen LogP contribution < -0.4 is 0 Å². The summed E-state index contributed by atoms with van der Waals surface area (Å²) in [6.07, 6.45) is 0. The van der Waals surface area contributed by atoms with Gasteiger partial charge in [0.1, 0.15) is 5.92 Å². The third-order valence-corrected chi connectivity index (χ3v) is 3.85. The van der Waals surface area contributed by atoms with E-state index in [2.05, 4.69) is 0 Å².